The summed E-state index contributed by atoms with van der Waals surface area (Å²) in [5.74, 6) is 0.683. The summed E-state index contributed by atoms with van der Waals surface area (Å²) >= 11 is 0. The highest BCUT2D eigenvalue weighted by atomic mass is 16.4. The Labute approximate surface area is 134 Å². The van der Waals surface area contributed by atoms with E-state index in [-0.39, 0.29) is 11.5 Å². The van der Waals surface area contributed by atoms with Gasteiger partial charge in [-0.25, -0.2) is 4.79 Å². The number of nitrogens with zero attached hydrogens (tertiary/aromatic N) is 1. The molecule has 0 aromatic carbocycles. The van der Waals surface area contributed by atoms with E-state index in [0.29, 0.717) is 30.2 Å². The Kier molecular flexibility index (Phi) is 4.55. The summed E-state index contributed by atoms with van der Waals surface area (Å²) in [6.45, 7) is 2.25. The van der Waals surface area contributed by atoms with Crippen molar-refractivity contribution in [1.29, 1.82) is 0 Å². The monoisotopic (exact) mass is 312 g/mol. The summed E-state index contributed by atoms with van der Waals surface area (Å²) in [7, 11) is 0. The molecule has 23 heavy (non-hydrogen) atoms. The van der Waals surface area contributed by atoms with Crippen molar-refractivity contribution in [3.63, 3.8) is 0 Å². The minimum absolute atomic E-state index is 0.114. The maximum atomic E-state index is 12.3. The van der Waals surface area contributed by atoms with E-state index >= 15 is 0 Å². The lowest BCUT2D eigenvalue weighted by Crippen LogP contribution is -2.31. The highest BCUT2D eigenvalue weighted by Crippen LogP contribution is 2.36. The third kappa shape index (κ3) is 3.50. The van der Waals surface area contributed by atoms with E-state index in [0.717, 1.165) is 18.4 Å². The van der Waals surface area contributed by atoms with Crippen molar-refractivity contribution in [1.82, 2.24) is 10.3 Å². The molecule has 1 fully saturated rings. The van der Waals surface area contributed by atoms with Gasteiger partial charge in [0.25, 0.3) is 5.91 Å². The molecule has 1 saturated carbocycles. The van der Waals surface area contributed by atoms with Crippen LogP contribution in [0.4, 0.5) is 0 Å². The topological polar surface area (TPSA) is 72.2 Å². The number of carbonyl (C=O) groups is 1. The number of nitrogens with one attached hydrogen (secondary N) is 1. The van der Waals surface area contributed by atoms with Crippen LogP contribution in [0.25, 0.3) is 0 Å². The van der Waals surface area contributed by atoms with Crippen molar-refractivity contribution < 1.29 is 9.21 Å². The Balaban J connectivity index is 1.66. The summed E-state index contributed by atoms with van der Waals surface area (Å²) in [4.78, 5) is 28.4. The third-order valence-electron chi connectivity index (χ3n) is 4.35. The SMILES string of the molecule is Cc1cc(C2CCC2)oc(=O)c1C(=O)NCCc1ccncc1. The lowest BCUT2D eigenvalue weighted by atomic mass is 9.83. The molecule has 0 radical (unpaired) electrons. The number of aromatic nitrogens is 1. The third-order valence-corrected chi connectivity index (χ3v) is 4.35. The van der Waals surface area contributed by atoms with Crippen LogP contribution in [0.15, 0.2) is 39.8 Å². The molecule has 1 N–H and O–H groups in total. The van der Waals surface area contributed by atoms with Gasteiger partial charge < -0.3 is 9.73 Å². The van der Waals surface area contributed by atoms with Crippen LogP contribution >= 0.6 is 0 Å². The molecule has 3 rings (SSSR count). The highest BCUT2D eigenvalue weighted by Gasteiger charge is 2.25. The number of aryl methyl sites for hydroxylation is 1. The van der Waals surface area contributed by atoms with E-state index in [1.807, 2.05) is 18.2 Å². The zero-order valence-corrected chi connectivity index (χ0v) is 13.2. The first-order valence-electron chi connectivity index (χ1n) is 7.97. The van der Waals surface area contributed by atoms with Crippen LogP contribution in [0.5, 0.6) is 0 Å². The van der Waals surface area contributed by atoms with Crippen LogP contribution in [-0.4, -0.2) is 17.4 Å². The Morgan fingerprint density at radius 3 is 2.70 bits per heavy atom. The van der Waals surface area contributed by atoms with E-state index in [1.54, 1.807) is 19.3 Å². The fraction of sp³-hybridized carbons (Fsp3) is 0.389. The fourth-order valence-electron chi connectivity index (χ4n) is 2.76. The molecular formula is C18H20N2O3. The van der Waals surface area contributed by atoms with Gasteiger partial charge in [0.15, 0.2) is 0 Å². The molecule has 0 atom stereocenters. The first-order valence-corrected chi connectivity index (χ1v) is 7.97. The first-order chi connectivity index (χ1) is 11.1. The standard InChI is InChI=1S/C18H20N2O3/c1-12-11-15(14-3-2-4-14)23-18(22)16(12)17(21)20-10-7-13-5-8-19-9-6-13/h5-6,8-9,11,14H,2-4,7,10H2,1H3,(H,20,21). The normalized spacial score (nSPS) is 14.3. The molecule has 120 valence electrons. The van der Waals surface area contributed by atoms with Crippen molar-refractivity contribution in [2.75, 3.05) is 6.54 Å². The molecule has 0 saturated heterocycles. The number of amides is 1. The molecule has 1 amide bonds. The maximum absolute atomic E-state index is 12.3. The number of carbonyl (C=O) groups excluding carboxylic acids is 1. The Bertz CT molecular complexity index is 749. The van der Waals surface area contributed by atoms with Crippen LogP contribution in [0, 0.1) is 6.92 Å². The van der Waals surface area contributed by atoms with Gasteiger partial charge in [0.2, 0.25) is 0 Å². The van der Waals surface area contributed by atoms with Crippen LogP contribution in [0.1, 0.15) is 52.4 Å². The second kappa shape index (κ2) is 6.77. The molecule has 2 heterocycles. The zero-order chi connectivity index (χ0) is 16.2. The Morgan fingerprint density at radius 2 is 2.09 bits per heavy atom. The number of pyridine rings is 1. The van der Waals surface area contributed by atoms with Crippen molar-refractivity contribution >= 4 is 5.91 Å². The highest BCUT2D eigenvalue weighted by molar-refractivity contribution is 5.95. The van der Waals surface area contributed by atoms with Gasteiger partial charge >= 0.3 is 5.63 Å². The Morgan fingerprint density at radius 1 is 1.35 bits per heavy atom. The second-order valence-electron chi connectivity index (χ2n) is 5.98. The van der Waals surface area contributed by atoms with Gasteiger partial charge in [-0.15, -0.1) is 0 Å². The molecule has 0 spiro atoms. The van der Waals surface area contributed by atoms with E-state index in [1.165, 1.54) is 6.42 Å². The van der Waals surface area contributed by atoms with Gasteiger partial charge in [-0.3, -0.25) is 9.78 Å². The molecular weight excluding hydrogens is 292 g/mol. The smallest absolute Gasteiger partial charge is 0.349 e. The predicted octanol–water partition coefficient (Wildman–Crippen LogP) is 2.58. The molecule has 5 heteroatoms. The summed E-state index contributed by atoms with van der Waals surface area (Å²) in [5, 5.41) is 2.79. The van der Waals surface area contributed by atoms with Crippen LogP contribution < -0.4 is 10.9 Å². The fourth-order valence-corrected chi connectivity index (χ4v) is 2.76. The van der Waals surface area contributed by atoms with Crippen molar-refractivity contribution in [2.45, 2.75) is 38.5 Å². The molecule has 0 aliphatic heterocycles. The Hall–Kier alpha value is -2.43. The lowest BCUT2D eigenvalue weighted by Gasteiger charge is -2.24. The average molecular weight is 312 g/mol. The molecule has 5 nitrogen and oxygen atoms in total. The van der Waals surface area contributed by atoms with Gasteiger partial charge in [0, 0.05) is 24.9 Å². The average Bonchev–Trinajstić information content (AvgIpc) is 2.46. The van der Waals surface area contributed by atoms with E-state index < -0.39 is 5.63 Å². The quantitative estimate of drug-likeness (QED) is 0.921. The lowest BCUT2D eigenvalue weighted by molar-refractivity contribution is 0.0948. The van der Waals surface area contributed by atoms with Crippen molar-refractivity contribution in [3.05, 3.63) is 63.5 Å². The molecule has 2 aromatic rings. The predicted molar refractivity (Wildman–Crippen MR) is 86.6 cm³/mol. The summed E-state index contributed by atoms with van der Waals surface area (Å²) < 4.78 is 5.35. The first kappa shape index (κ1) is 15.5. The number of hydrogen-bond acceptors (Lipinski definition) is 4. The largest absolute Gasteiger partial charge is 0.427 e. The molecule has 1 aliphatic carbocycles. The minimum Gasteiger partial charge on any atom is -0.427 e. The number of rotatable bonds is 5. The molecule has 0 bridgehead atoms. The number of hydrogen-bond donors (Lipinski definition) is 1. The van der Waals surface area contributed by atoms with Gasteiger partial charge in [0.1, 0.15) is 11.3 Å². The van der Waals surface area contributed by atoms with Gasteiger partial charge in [0.05, 0.1) is 0 Å². The van der Waals surface area contributed by atoms with Gasteiger partial charge in [-0.05, 0) is 55.5 Å². The molecule has 0 unspecified atom stereocenters. The van der Waals surface area contributed by atoms with Crippen LogP contribution in [-0.2, 0) is 6.42 Å². The van der Waals surface area contributed by atoms with E-state index in [4.69, 9.17) is 4.42 Å². The summed E-state index contributed by atoms with van der Waals surface area (Å²) in [6.07, 6.45) is 7.41. The molecule has 1 aliphatic rings. The van der Waals surface area contributed by atoms with Crippen molar-refractivity contribution in [2.24, 2.45) is 0 Å². The van der Waals surface area contributed by atoms with E-state index in [2.05, 4.69) is 10.3 Å². The molecule has 2 aromatic heterocycles. The van der Waals surface area contributed by atoms with Crippen LogP contribution in [0.2, 0.25) is 0 Å². The summed E-state index contributed by atoms with van der Waals surface area (Å²) in [5.41, 5.74) is 1.35. The summed E-state index contributed by atoms with van der Waals surface area (Å²) in [6, 6.07) is 5.64. The van der Waals surface area contributed by atoms with Gasteiger partial charge in [-0.2, -0.15) is 0 Å². The van der Waals surface area contributed by atoms with Crippen LogP contribution in [0.3, 0.4) is 0 Å². The van der Waals surface area contributed by atoms with E-state index in [9.17, 15) is 9.59 Å². The minimum atomic E-state index is -0.534. The maximum Gasteiger partial charge on any atom is 0.349 e. The second-order valence-corrected chi connectivity index (χ2v) is 5.98. The zero-order valence-electron chi connectivity index (χ0n) is 13.2. The van der Waals surface area contributed by atoms with Crippen molar-refractivity contribution in [3.8, 4) is 0 Å². The van der Waals surface area contributed by atoms with Gasteiger partial charge in [-0.1, -0.05) is 6.42 Å².